The van der Waals surface area contributed by atoms with Gasteiger partial charge in [-0.3, -0.25) is 0 Å². The molecule has 1 aromatic carbocycles. The molecule has 2 atom stereocenters. The molecule has 0 saturated heterocycles. The van der Waals surface area contributed by atoms with E-state index in [4.69, 9.17) is 0 Å². The molecular formula is C17H26FN. The van der Waals surface area contributed by atoms with E-state index in [-0.39, 0.29) is 11.4 Å². The molecule has 19 heavy (non-hydrogen) atoms. The fourth-order valence-electron chi connectivity index (χ4n) is 3.06. The van der Waals surface area contributed by atoms with E-state index in [1.54, 1.807) is 6.07 Å². The molecule has 2 heteroatoms. The van der Waals surface area contributed by atoms with Gasteiger partial charge >= 0.3 is 0 Å². The maximum atomic E-state index is 13.4. The van der Waals surface area contributed by atoms with Gasteiger partial charge in [0.05, 0.1) is 0 Å². The minimum Gasteiger partial charge on any atom is -0.312 e. The third-order valence-corrected chi connectivity index (χ3v) is 4.16. The van der Waals surface area contributed by atoms with Crippen molar-refractivity contribution in [3.63, 3.8) is 0 Å². The quantitative estimate of drug-likeness (QED) is 0.852. The van der Waals surface area contributed by atoms with Crippen molar-refractivity contribution in [2.24, 2.45) is 5.92 Å². The molecule has 0 aliphatic heterocycles. The van der Waals surface area contributed by atoms with Crippen molar-refractivity contribution in [1.82, 2.24) is 5.32 Å². The Morgan fingerprint density at radius 3 is 2.63 bits per heavy atom. The lowest BCUT2D eigenvalue weighted by molar-refractivity contribution is 0.356. The molecule has 0 bridgehead atoms. The zero-order chi connectivity index (χ0) is 14.0. The second-order valence-corrected chi connectivity index (χ2v) is 6.94. The van der Waals surface area contributed by atoms with Crippen molar-refractivity contribution in [2.75, 3.05) is 6.54 Å². The molecule has 106 valence electrons. The molecule has 1 fully saturated rings. The van der Waals surface area contributed by atoms with Crippen LogP contribution in [0.15, 0.2) is 18.2 Å². The van der Waals surface area contributed by atoms with Crippen LogP contribution in [-0.2, 0) is 0 Å². The SMILES string of the molecule is Cc1cc(C2CCCC2CNC(C)(C)C)ccc1F. The standard InChI is InChI=1S/C17H26FN/c1-12-10-13(8-9-16(12)18)15-7-5-6-14(15)11-19-17(2,3)4/h8-10,14-15,19H,5-7,11H2,1-4H3. The highest BCUT2D eigenvalue weighted by Crippen LogP contribution is 2.39. The van der Waals surface area contributed by atoms with Gasteiger partial charge in [-0.05, 0) is 76.1 Å². The van der Waals surface area contributed by atoms with Crippen LogP contribution >= 0.6 is 0 Å². The van der Waals surface area contributed by atoms with Crippen LogP contribution < -0.4 is 5.32 Å². The fraction of sp³-hybridized carbons (Fsp3) is 0.647. The Kier molecular flexibility index (Phi) is 4.29. The van der Waals surface area contributed by atoms with Crippen molar-refractivity contribution in [1.29, 1.82) is 0 Å². The van der Waals surface area contributed by atoms with Gasteiger partial charge in [0.1, 0.15) is 5.82 Å². The summed E-state index contributed by atoms with van der Waals surface area (Å²) in [6.45, 7) is 9.54. The summed E-state index contributed by atoms with van der Waals surface area (Å²) in [5.74, 6) is 1.18. The average Bonchev–Trinajstić information content (AvgIpc) is 2.77. The van der Waals surface area contributed by atoms with Gasteiger partial charge < -0.3 is 5.32 Å². The fourth-order valence-corrected chi connectivity index (χ4v) is 3.06. The lowest BCUT2D eigenvalue weighted by Gasteiger charge is -2.27. The van der Waals surface area contributed by atoms with E-state index in [0.29, 0.717) is 11.8 Å². The molecule has 2 rings (SSSR count). The first-order valence-electron chi connectivity index (χ1n) is 7.38. The van der Waals surface area contributed by atoms with E-state index in [1.165, 1.54) is 24.8 Å². The molecule has 2 unspecified atom stereocenters. The summed E-state index contributed by atoms with van der Waals surface area (Å²) < 4.78 is 13.4. The average molecular weight is 263 g/mol. The van der Waals surface area contributed by atoms with Crippen molar-refractivity contribution in [3.8, 4) is 0 Å². The number of rotatable bonds is 3. The maximum Gasteiger partial charge on any atom is 0.126 e. The number of hydrogen-bond acceptors (Lipinski definition) is 1. The molecule has 1 aromatic rings. The van der Waals surface area contributed by atoms with Gasteiger partial charge in [-0.1, -0.05) is 18.6 Å². The molecule has 0 amide bonds. The largest absolute Gasteiger partial charge is 0.312 e. The van der Waals surface area contributed by atoms with Crippen LogP contribution in [0, 0.1) is 18.7 Å². The summed E-state index contributed by atoms with van der Waals surface area (Å²) in [5, 5.41) is 3.62. The van der Waals surface area contributed by atoms with Crippen LogP contribution in [0.5, 0.6) is 0 Å². The summed E-state index contributed by atoms with van der Waals surface area (Å²) in [6.07, 6.45) is 3.81. The van der Waals surface area contributed by atoms with E-state index < -0.39 is 0 Å². The van der Waals surface area contributed by atoms with Crippen LogP contribution in [0.25, 0.3) is 0 Å². The van der Waals surface area contributed by atoms with E-state index >= 15 is 0 Å². The van der Waals surface area contributed by atoms with E-state index in [0.717, 1.165) is 12.1 Å². The molecule has 1 saturated carbocycles. The minimum absolute atomic E-state index is 0.0916. The Hall–Kier alpha value is -0.890. The highest BCUT2D eigenvalue weighted by Gasteiger charge is 2.29. The smallest absolute Gasteiger partial charge is 0.126 e. The molecule has 0 aromatic heterocycles. The third kappa shape index (κ3) is 3.79. The molecule has 1 aliphatic rings. The van der Waals surface area contributed by atoms with Gasteiger partial charge in [0, 0.05) is 5.54 Å². The molecule has 0 heterocycles. The molecule has 0 spiro atoms. The Labute approximate surface area is 116 Å². The molecule has 0 radical (unpaired) electrons. The predicted molar refractivity (Wildman–Crippen MR) is 79.0 cm³/mol. The van der Waals surface area contributed by atoms with Crippen LogP contribution in [0.3, 0.4) is 0 Å². The summed E-state index contributed by atoms with van der Waals surface area (Å²) in [4.78, 5) is 0. The second-order valence-electron chi connectivity index (χ2n) is 6.94. The Balaban J connectivity index is 2.07. The van der Waals surface area contributed by atoms with Crippen molar-refractivity contribution < 1.29 is 4.39 Å². The minimum atomic E-state index is -0.0916. The number of hydrogen-bond donors (Lipinski definition) is 1. The lowest BCUT2D eigenvalue weighted by atomic mass is 9.87. The van der Waals surface area contributed by atoms with Gasteiger partial charge in [-0.25, -0.2) is 4.39 Å². The van der Waals surface area contributed by atoms with E-state index in [9.17, 15) is 4.39 Å². The maximum absolute atomic E-state index is 13.4. The molecule has 1 N–H and O–H groups in total. The zero-order valence-electron chi connectivity index (χ0n) is 12.6. The highest BCUT2D eigenvalue weighted by molar-refractivity contribution is 5.28. The van der Waals surface area contributed by atoms with Gasteiger partial charge in [-0.15, -0.1) is 0 Å². The lowest BCUT2D eigenvalue weighted by Crippen LogP contribution is -2.39. The number of aryl methyl sites for hydroxylation is 1. The summed E-state index contributed by atoms with van der Waals surface area (Å²) in [7, 11) is 0. The van der Waals surface area contributed by atoms with Crippen molar-refractivity contribution in [3.05, 3.63) is 35.1 Å². The first kappa shape index (κ1) is 14.5. The number of halogens is 1. The first-order chi connectivity index (χ1) is 8.87. The van der Waals surface area contributed by atoms with Crippen LogP contribution in [0.1, 0.15) is 57.1 Å². The van der Waals surface area contributed by atoms with Gasteiger partial charge in [0.25, 0.3) is 0 Å². The Bertz CT molecular complexity index is 433. The monoisotopic (exact) mass is 263 g/mol. The van der Waals surface area contributed by atoms with Crippen LogP contribution in [0.2, 0.25) is 0 Å². The number of nitrogens with one attached hydrogen (secondary N) is 1. The van der Waals surface area contributed by atoms with Crippen LogP contribution in [0.4, 0.5) is 4.39 Å². The number of benzene rings is 1. The molecule has 1 aliphatic carbocycles. The Morgan fingerprint density at radius 1 is 1.26 bits per heavy atom. The second kappa shape index (κ2) is 5.62. The zero-order valence-corrected chi connectivity index (χ0v) is 12.6. The van der Waals surface area contributed by atoms with Gasteiger partial charge in [0.2, 0.25) is 0 Å². The van der Waals surface area contributed by atoms with Gasteiger partial charge in [-0.2, -0.15) is 0 Å². The van der Waals surface area contributed by atoms with Gasteiger partial charge in [0.15, 0.2) is 0 Å². The van der Waals surface area contributed by atoms with Crippen LogP contribution in [-0.4, -0.2) is 12.1 Å². The summed E-state index contributed by atoms with van der Waals surface area (Å²) in [5.41, 5.74) is 2.26. The first-order valence-corrected chi connectivity index (χ1v) is 7.38. The van der Waals surface area contributed by atoms with E-state index in [2.05, 4.69) is 26.1 Å². The summed E-state index contributed by atoms with van der Waals surface area (Å²) in [6, 6.07) is 5.63. The summed E-state index contributed by atoms with van der Waals surface area (Å²) >= 11 is 0. The van der Waals surface area contributed by atoms with E-state index in [1.807, 2.05) is 19.1 Å². The van der Waals surface area contributed by atoms with Crippen molar-refractivity contribution >= 4 is 0 Å². The predicted octanol–water partition coefficient (Wildman–Crippen LogP) is 4.41. The molecule has 1 nitrogen and oxygen atoms in total. The normalized spacial score (nSPS) is 23.8. The molecular weight excluding hydrogens is 237 g/mol. The Morgan fingerprint density at radius 2 is 2.00 bits per heavy atom. The topological polar surface area (TPSA) is 12.0 Å². The van der Waals surface area contributed by atoms with Crippen molar-refractivity contribution in [2.45, 2.75) is 58.4 Å². The highest BCUT2D eigenvalue weighted by atomic mass is 19.1. The third-order valence-electron chi connectivity index (χ3n) is 4.16.